The first kappa shape index (κ1) is 21.7. The van der Waals surface area contributed by atoms with E-state index in [0.29, 0.717) is 31.4 Å². The highest BCUT2D eigenvalue weighted by atomic mass is 127. The van der Waals surface area contributed by atoms with Gasteiger partial charge in [0.25, 0.3) is 0 Å². The van der Waals surface area contributed by atoms with Gasteiger partial charge < -0.3 is 20.4 Å². The molecular formula is C15H28IN5O2. The van der Waals surface area contributed by atoms with E-state index in [1.165, 1.54) is 0 Å². The zero-order valence-corrected chi connectivity index (χ0v) is 16.9. The largest absolute Gasteiger partial charge is 0.444 e. The molecule has 7 nitrogen and oxygen atoms in total. The number of amides is 1. The van der Waals surface area contributed by atoms with E-state index in [4.69, 9.17) is 4.42 Å². The van der Waals surface area contributed by atoms with Crippen LogP contribution in [0.2, 0.25) is 0 Å². The highest BCUT2D eigenvalue weighted by Crippen LogP contribution is 2.07. The zero-order chi connectivity index (χ0) is 16.5. The predicted octanol–water partition coefficient (Wildman–Crippen LogP) is 1.88. The van der Waals surface area contributed by atoms with E-state index in [1.807, 2.05) is 27.7 Å². The van der Waals surface area contributed by atoms with E-state index >= 15 is 0 Å². The van der Waals surface area contributed by atoms with Gasteiger partial charge in [0.15, 0.2) is 5.96 Å². The minimum Gasteiger partial charge on any atom is -0.444 e. The van der Waals surface area contributed by atoms with Gasteiger partial charge in [-0.2, -0.15) is 0 Å². The Bertz CT molecular complexity index is 496. The summed E-state index contributed by atoms with van der Waals surface area (Å²) in [4.78, 5) is 20.1. The highest BCUT2D eigenvalue weighted by molar-refractivity contribution is 14.0. The van der Waals surface area contributed by atoms with E-state index in [0.717, 1.165) is 17.9 Å². The normalized spacial score (nSPS) is 12.3. The standard InChI is InChI=1S/C15H27N5O2.HI/c1-6-10(2)19-13(21)7-8-17-15(16-5)18-9-14-20-11(3)12(4)22-14;/h10H,6-9H2,1-5H3,(H,19,21)(H2,16,17,18);1H. The second-order valence-corrected chi connectivity index (χ2v) is 5.23. The van der Waals surface area contributed by atoms with Gasteiger partial charge >= 0.3 is 0 Å². The van der Waals surface area contributed by atoms with Crippen LogP contribution in [0.4, 0.5) is 0 Å². The topological polar surface area (TPSA) is 91.5 Å². The summed E-state index contributed by atoms with van der Waals surface area (Å²) in [6, 6.07) is 0.210. The quantitative estimate of drug-likeness (QED) is 0.344. The van der Waals surface area contributed by atoms with Gasteiger partial charge in [-0.15, -0.1) is 24.0 Å². The third-order valence-electron chi connectivity index (χ3n) is 3.37. The van der Waals surface area contributed by atoms with Gasteiger partial charge in [-0.25, -0.2) is 4.98 Å². The number of hydrogen-bond donors (Lipinski definition) is 3. The van der Waals surface area contributed by atoms with Crippen molar-refractivity contribution in [1.29, 1.82) is 0 Å². The molecule has 8 heteroatoms. The van der Waals surface area contributed by atoms with Crippen LogP contribution < -0.4 is 16.0 Å². The maximum absolute atomic E-state index is 11.7. The minimum atomic E-state index is 0. The van der Waals surface area contributed by atoms with E-state index < -0.39 is 0 Å². The van der Waals surface area contributed by atoms with Gasteiger partial charge in [0.1, 0.15) is 5.76 Å². The van der Waals surface area contributed by atoms with Gasteiger partial charge in [0.05, 0.1) is 12.2 Å². The van der Waals surface area contributed by atoms with E-state index in [9.17, 15) is 4.79 Å². The van der Waals surface area contributed by atoms with E-state index in [-0.39, 0.29) is 35.9 Å². The number of nitrogens with zero attached hydrogens (tertiary/aromatic N) is 2. The van der Waals surface area contributed by atoms with Crippen LogP contribution in [0.3, 0.4) is 0 Å². The van der Waals surface area contributed by atoms with Crippen LogP contribution in [0, 0.1) is 13.8 Å². The molecule has 132 valence electrons. The Hall–Kier alpha value is -1.32. The average molecular weight is 437 g/mol. The third-order valence-corrected chi connectivity index (χ3v) is 3.37. The molecule has 0 saturated heterocycles. The fraction of sp³-hybridized carbons (Fsp3) is 0.667. The maximum atomic E-state index is 11.7. The smallest absolute Gasteiger partial charge is 0.221 e. The van der Waals surface area contributed by atoms with Gasteiger partial charge in [-0.1, -0.05) is 6.92 Å². The average Bonchev–Trinajstić information content (AvgIpc) is 2.81. The number of nitrogens with one attached hydrogen (secondary N) is 3. The number of carbonyl (C=O) groups excluding carboxylic acids is 1. The first-order valence-electron chi connectivity index (χ1n) is 7.63. The van der Waals surface area contributed by atoms with Crippen molar-refractivity contribution in [2.24, 2.45) is 4.99 Å². The number of hydrogen-bond acceptors (Lipinski definition) is 4. The molecule has 1 atom stereocenters. The number of aliphatic imine (C=N–C) groups is 1. The number of oxazole rings is 1. The molecule has 0 aliphatic carbocycles. The summed E-state index contributed by atoms with van der Waals surface area (Å²) in [5, 5.41) is 9.12. The summed E-state index contributed by atoms with van der Waals surface area (Å²) in [5.74, 6) is 2.09. The lowest BCUT2D eigenvalue weighted by molar-refractivity contribution is -0.121. The third kappa shape index (κ3) is 8.19. The Morgan fingerprint density at radius 3 is 2.57 bits per heavy atom. The summed E-state index contributed by atoms with van der Waals surface area (Å²) in [6.07, 6.45) is 1.33. The molecule has 0 bridgehead atoms. The molecule has 0 aromatic carbocycles. The summed E-state index contributed by atoms with van der Waals surface area (Å²) in [5.41, 5.74) is 0.890. The summed E-state index contributed by atoms with van der Waals surface area (Å²) in [6.45, 7) is 8.80. The van der Waals surface area contributed by atoms with Gasteiger partial charge in [0.2, 0.25) is 11.8 Å². The molecule has 1 aromatic heterocycles. The van der Waals surface area contributed by atoms with Crippen LogP contribution in [0.25, 0.3) is 0 Å². The van der Waals surface area contributed by atoms with Crippen molar-refractivity contribution in [3.05, 3.63) is 17.3 Å². The second-order valence-electron chi connectivity index (χ2n) is 5.23. The molecule has 0 radical (unpaired) electrons. The Labute approximate surface area is 155 Å². The predicted molar refractivity (Wildman–Crippen MR) is 102 cm³/mol. The van der Waals surface area contributed by atoms with Gasteiger partial charge in [0, 0.05) is 26.1 Å². The highest BCUT2D eigenvalue weighted by Gasteiger charge is 2.08. The minimum absolute atomic E-state index is 0. The van der Waals surface area contributed by atoms with Crippen LogP contribution in [0.5, 0.6) is 0 Å². The molecule has 1 unspecified atom stereocenters. The zero-order valence-electron chi connectivity index (χ0n) is 14.5. The second kappa shape index (κ2) is 11.3. The van der Waals surface area contributed by atoms with Gasteiger partial charge in [-0.05, 0) is 27.2 Å². The van der Waals surface area contributed by atoms with Crippen LogP contribution >= 0.6 is 24.0 Å². The summed E-state index contributed by atoms with van der Waals surface area (Å²) < 4.78 is 5.49. The molecule has 1 heterocycles. The van der Waals surface area contributed by atoms with Crippen LogP contribution in [-0.2, 0) is 11.3 Å². The first-order valence-corrected chi connectivity index (χ1v) is 7.63. The fourth-order valence-corrected chi connectivity index (χ4v) is 1.74. The van der Waals surface area contributed by atoms with E-state index in [1.54, 1.807) is 7.05 Å². The molecule has 1 rings (SSSR count). The molecule has 23 heavy (non-hydrogen) atoms. The molecule has 0 fully saturated rings. The number of rotatable bonds is 7. The lowest BCUT2D eigenvalue weighted by Crippen LogP contribution is -2.40. The molecule has 3 N–H and O–H groups in total. The molecule has 1 amide bonds. The fourth-order valence-electron chi connectivity index (χ4n) is 1.74. The maximum Gasteiger partial charge on any atom is 0.221 e. The van der Waals surface area contributed by atoms with Crippen molar-refractivity contribution in [2.75, 3.05) is 13.6 Å². The van der Waals surface area contributed by atoms with Crippen LogP contribution in [0.1, 0.15) is 44.0 Å². The lowest BCUT2D eigenvalue weighted by atomic mass is 10.2. The van der Waals surface area contributed by atoms with Crippen molar-refractivity contribution >= 4 is 35.8 Å². The van der Waals surface area contributed by atoms with Crippen molar-refractivity contribution < 1.29 is 9.21 Å². The number of guanidine groups is 1. The van der Waals surface area contributed by atoms with Crippen molar-refractivity contribution in [1.82, 2.24) is 20.9 Å². The van der Waals surface area contributed by atoms with Crippen LogP contribution in [-0.4, -0.2) is 36.5 Å². The molecule has 1 aromatic rings. The van der Waals surface area contributed by atoms with Crippen molar-refractivity contribution in [2.45, 2.75) is 53.1 Å². The molecule has 0 aliphatic rings. The molecule has 0 aliphatic heterocycles. The first-order chi connectivity index (χ1) is 10.5. The molecule has 0 saturated carbocycles. The van der Waals surface area contributed by atoms with E-state index in [2.05, 4.69) is 25.9 Å². The monoisotopic (exact) mass is 437 g/mol. The Morgan fingerprint density at radius 1 is 1.35 bits per heavy atom. The number of halogens is 1. The Balaban J connectivity index is 0.00000484. The molecule has 0 spiro atoms. The number of aryl methyl sites for hydroxylation is 2. The molecular weight excluding hydrogens is 409 g/mol. The van der Waals surface area contributed by atoms with Crippen molar-refractivity contribution in [3.63, 3.8) is 0 Å². The summed E-state index contributed by atoms with van der Waals surface area (Å²) in [7, 11) is 1.68. The van der Waals surface area contributed by atoms with Crippen molar-refractivity contribution in [3.8, 4) is 0 Å². The number of aromatic nitrogens is 1. The summed E-state index contributed by atoms with van der Waals surface area (Å²) >= 11 is 0. The van der Waals surface area contributed by atoms with Gasteiger partial charge in [-0.3, -0.25) is 9.79 Å². The lowest BCUT2D eigenvalue weighted by Gasteiger charge is -2.13. The Morgan fingerprint density at radius 2 is 2.04 bits per heavy atom. The Kier molecular flexibility index (Phi) is 10.6. The van der Waals surface area contributed by atoms with Crippen LogP contribution in [0.15, 0.2) is 9.41 Å². The SMILES string of the molecule is CCC(C)NC(=O)CCNC(=NC)NCc1nc(C)c(C)o1.I. The number of carbonyl (C=O) groups is 1.